The third-order valence-corrected chi connectivity index (χ3v) is 2.33. The van der Waals surface area contributed by atoms with Gasteiger partial charge in [0.1, 0.15) is 0 Å². The number of ether oxygens (including phenoxy) is 1. The van der Waals surface area contributed by atoms with E-state index in [0.717, 1.165) is 39.3 Å². The minimum atomic E-state index is 0.807. The summed E-state index contributed by atoms with van der Waals surface area (Å²) in [5.74, 6) is 0. The maximum Gasteiger partial charge on any atom is 0.0589 e. The molecule has 0 saturated carbocycles. The first-order valence-corrected chi connectivity index (χ1v) is 5.88. The fraction of sp³-hybridized carbons (Fsp3) is 0.833. The molecule has 0 amide bonds. The Bertz CT molecular complexity index is 140. The average Bonchev–Trinajstić information content (AvgIpc) is 2.25. The summed E-state index contributed by atoms with van der Waals surface area (Å²) in [7, 11) is 1.75. The van der Waals surface area contributed by atoms with Gasteiger partial charge in [0.15, 0.2) is 0 Å². The lowest BCUT2D eigenvalue weighted by molar-refractivity contribution is 0.153. The predicted molar refractivity (Wildman–Crippen MR) is 66.3 cm³/mol. The zero-order valence-electron chi connectivity index (χ0n) is 10.3. The molecule has 0 aliphatic carbocycles. The largest absolute Gasteiger partial charge is 0.383 e. The van der Waals surface area contributed by atoms with Gasteiger partial charge in [0, 0.05) is 20.2 Å². The molecule has 0 unspecified atom stereocenters. The van der Waals surface area contributed by atoms with Crippen molar-refractivity contribution in [2.24, 2.45) is 0 Å². The normalized spacial score (nSPS) is 10.9. The molecule has 0 radical (unpaired) electrons. The van der Waals surface area contributed by atoms with E-state index in [1.165, 1.54) is 12.8 Å². The first kappa shape index (κ1) is 14.6. The van der Waals surface area contributed by atoms with Gasteiger partial charge in [-0.15, -0.1) is 6.58 Å². The molecule has 0 saturated heterocycles. The van der Waals surface area contributed by atoms with Crippen LogP contribution in [0.1, 0.15) is 19.8 Å². The molecule has 0 spiro atoms. The lowest BCUT2D eigenvalue weighted by atomic mass is 10.3. The summed E-state index contributed by atoms with van der Waals surface area (Å²) < 4.78 is 5.08. The molecule has 0 fully saturated rings. The Morgan fingerprint density at radius 3 is 2.73 bits per heavy atom. The van der Waals surface area contributed by atoms with Crippen LogP contribution < -0.4 is 5.32 Å². The van der Waals surface area contributed by atoms with Crippen LogP contribution in [-0.4, -0.2) is 51.3 Å². The maximum absolute atomic E-state index is 5.08. The van der Waals surface area contributed by atoms with E-state index in [1.54, 1.807) is 7.11 Å². The van der Waals surface area contributed by atoms with Crippen LogP contribution in [0.4, 0.5) is 0 Å². The predicted octanol–water partition coefficient (Wildman–Crippen LogP) is 1.51. The number of rotatable bonds is 11. The Morgan fingerprint density at radius 1 is 1.33 bits per heavy atom. The highest BCUT2D eigenvalue weighted by molar-refractivity contribution is 4.73. The molecule has 0 bridgehead atoms. The Labute approximate surface area is 94.5 Å². The quantitative estimate of drug-likeness (QED) is 0.417. The van der Waals surface area contributed by atoms with Gasteiger partial charge < -0.3 is 10.1 Å². The smallest absolute Gasteiger partial charge is 0.0589 e. The van der Waals surface area contributed by atoms with Crippen LogP contribution in [0.25, 0.3) is 0 Å². The topological polar surface area (TPSA) is 24.5 Å². The van der Waals surface area contributed by atoms with Gasteiger partial charge in [0.25, 0.3) is 0 Å². The van der Waals surface area contributed by atoms with Crippen LogP contribution in [-0.2, 0) is 4.74 Å². The second-order valence-electron chi connectivity index (χ2n) is 3.64. The van der Waals surface area contributed by atoms with Gasteiger partial charge in [-0.1, -0.05) is 13.0 Å². The van der Waals surface area contributed by atoms with Crippen molar-refractivity contribution in [3.63, 3.8) is 0 Å². The molecular formula is C12H26N2O. The van der Waals surface area contributed by atoms with Crippen LogP contribution in [0.15, 0.2) is 12.7 Å². The monoisotopic (exact) mass is 214 g/mol. The maximum atomic E-state index is 5.08. The summed E-state index contributed by atoms with van der Waals surface area (Å²) in [5.41, 5.74) is 0. The minimum absolute atomic E-state index is 0.807. The first-order chi connectivity index (χ1) is 7.35. The van der Waals surface area contributed by atoms with Gasteiger partial charge in [-0.25, -0.2) is 0 Å². The number of nitrogens with zero attached hydrogens (tertiary/aromatic N) is 1. The van der Waals surface area contributed by atoms with Crippen LogP contribution in [0.3, 0.4) is 0 Å². The summed E-state index contributed by atoms with van der Waals surface area (Å²) in [6.07, 6.45) is 4.44. The molecule has 0 aromatic carbocycles. The molecule has 90 valence electrons. The number of methoxy groups -OCH3 is 1. The lowest BCUT2D eigenvalue weighted by Crippen LogP contribution is -2.29. The van der Waals surface area contributed by atoms with Crippen molar-refractivity contribution in [3.8, 4) is 0 Å². The van der Waals surface area contributed by atoms with Crippen molar-refractivity contribution in [1.29, 1.82) is 0 Å². The van der Waals surface area contributed by atoms with Gasteiger partial charge in [0.05, 0.1) is 6.61 Å². The fourth-order valence-corrected chi connectivity index (χ4v) is 1.46. The van der Waals surface area contributed by atoms with Crippen molar-refractivity contribution in [2.45, 2.75) is 19.8 Å². The Hall–Kier alpha value is -0.380. The van der Waals surface area contributed by atoms with Crippen molar-refractivity contribution >= 4 is 0 Å². The third kappa shape index (κ3) is 9.91. The number of hydrogen-bond donors (Lipinski definition) is 1. The molecule has 0 aliphatic heterocycles. The number of hydrogen-bond acceptors (Lipinski definition) is 3. The standard InChI is InChI=1S/C12H26N2O/c1-4-9-14(11-12-15-3)10-7-6-8-13-5-2/h4,13H,1,5-12H2,2-3H3. The van der Waals surface area contributed by atoms with Gasteiger partial charge in [-0.05, 0) is 32.5 Å². The van der Waals surface area contributed by atoms with E-state index >= 15 is 0 Å². The van der Waals surface area contributed by atoms with E-state index in [2.05, 4.69) is 23.7 Å². The van der Waals surface area contributed by atoms with Gasteiger partial charge in [0.2, 0.25) is 0 Å². The molecule has 3 heteroatoms. The Kier molecular flexibility index (Phi) is 11.4. The van der Waals surface area contributed by atoms with E-state index < -0.39 is 0 Å². The Morgan fingerprint density at radius 2 is 2.13 bits per heavy atom. The second-order valence-corrected chi connectivity index (χ2v) is 3.64. The average molecular weight is 214 g/mol. The van der Waals surface area contributed by atoms with Gasteiger partial charge in [-0.3, -0.25) is 4.90 Å². The first-order valence-electron chi connectivity index (χ1n) is 5.88. The highest BCUT2D eigenvalue weighted by atomic mass is 16.5. The third-order valence-electron chi connectivity index (χ3n) is 2.33. The fourth-order valence-electron chi connectivity index (χ4n) is 1.46. The second kappa shape index (κ2) is 11.7. The summed E-state index contributed by atoms with van der Waals surface area (Å²) in [6, 6.07) is 0. The Balaban J connectivity index is 3.42. The number of unbranched alkanes of at least 4 members (excludes halogenated alkanes) is 1. The molecule has 0 heterocycles. The van der Waals surface area contributed by atoms with Crippen LogP contribution in [0, 0.1) is 0 Å². The zero-order valence-corrected chi connectivity index (χ0v) is 10.3. The van der Waals surface area contributed by atoms with E-state index in [1.807, 2.05) is 6.08 Å². The van der Waals surface area contributed by atoms with Crippen LogP contribution in [0.2, 0.25) is 0 Å². The minimum Gasteiger partial charge on any atom is -0.383 e. The van der Waals surface area contributed by atoms with Gasteiger partial charge in [-0.2, -0.15) is 0 Å². The van der Waals surface area contributed by atoms with E-state index in [4.69, 9.17) is 4.74 Å². The molecule has 0 aromatic heterocycles. The number of nitrogens with one attached hydrogen (secondary N) is 1. The summed E-state index contributed by atoms with van der Waals surface area (Å²) >= 11 is 0. The van der Waals surface area contributed by atoms with E-state index in [9.17, 15) is 0 Å². The van der Waals surface area contributed by atoms with Gasteiger partial charge >= 0.3 is 0 Å². The molecule has 0 aromatic rings. The molecule has 1 N–H and O–H groups in total. The molecule has 0 aliphatic rings. The van der Waals surface area contributed by atoms with Crippen molar-refractivity contribution < 1.29 is 4.74 Å². The highest BCUT2D eigenvalue weighted by Crippen LogP contribution is 1.95. The summed E-state index contributed by atoms with van der Waals surface area (Å²) in [6.45, 7) is 12.0. The SMILES string of the molecule is C=CCN(CCCCNCC)CCOC. The highest BCUT2D eigenvalue weighted by Gasteiger charge is 2.01. The summed E-state index contributed by atoms with van der Waals surface area (Å²) in [4.78, 5) is 2.38. The molecule has 15 heavy (non-hydrogen) atoms. The van der Waals surface area contributed by atoms with E-state index in [-0.39, 0.29) is 0 Å². The van der Waals surface area contributed by atoms with Crippen LogP contribution >= 0.6 is 0 Å². The zero-order chi connectivity index (χ0) is 11.4. The lowest BCUT2D eigenvalue weighted by Gasteiger charge is -2.19. The summed E-state index contributed by atoms with van der Waals surface area (Å²) in [5, 5.41) is 3.33. The van der Waals surface area contributed by atoms with Crippen molar-refractivity contribution in [2.75, 3.05) is 46.4 Å². The molecule has 3 nitrogen and oxygen atoms in total. The van der Waals surface area contributed by atoms with E-state index in [0.29, 0.717) is 0 Å². The molecule has 0 rings (SSSR count). The van der Waals surface area contributed by atoms with Crippen molar-refractivity contribution in [3.05, 3.63) is 12.7 Å². The van der Waals surface area contributed by atoms with Crippen molar-refractivity contribution in [1.82, 2.24) is 10.2 Å². The molecular weight excluding hydrogens is 188 g/mol. The van der Waals surface area contributed by atoms with Crippen LogP contribution in [0.5, 0.6) is 0 Å². The molecule has 0 atom stereocenters.